The van der Waals surface area contributed by atoms with Crippen molar-refractivity contribution >= 4 is 5.97 Å². The average molecular weight is 215 g/mol. The van der Waals surface area contributed by atoms with Gasteiger partial charge in [0.05, 0.1) is 20.3 Å². The van der Waals surface area contributed by atoms with Gasteiger partial charge in [-0.25, -0.2) is 0 Å². The average Bonchev–Trinajstić information content (AvgIpc) is 2.09. The van der Waals surface area contributed by atoms with Crippen LogP contribution in [0.4, 0.5) is 0 Å². The smallest absolute Gasteiger partial charge is 0.317 e. The molecule has 15 heavy (non-hydrogen) atoms. The molecular formula is C11H21NO3. The number of hydrogen-bond acceptors (Lipinski definition) is 4. The monoisotopic (exact) mass is 215 g/mol. The lowest BCUT2D eigenvalue weighted by Gasteiger charge is -2.41. The van der Waals surface area contributed by atoms with Crippen LogP contribution in [0.1, 0.15) is 13.8 Å². The molecule has 1 heterocycles. The van der Waals surface area contributed by atoms with Crippen molar-refractivity contribution in [1.29, 1.82) is 0 Å². The van der Waals surface area contributed by atoms with Gasteiger partial charge in [-0.2, -0.15) is 0 Å². The molecule has 0 N–H and O–H groups in total. The topological polar surface area (TPSA) is 38.8 Å². The Bertz CT molecular complexity index is 224. The first-order valence-corrected chi connectivity index (χ1v) is 5.35. The van der Waals surface area contributed by atoms with Crippen molar-refractivity contribution in [3.05, 3.63) is 0 Å². The predicted octanol–water partition coefficient (Wildman–Crippen LogP) is 0.764. The number of rotatable bonds is 5. The number of hydrogen-bond donors (Lipinski definition) is 0. The first-order chi connectivity index (χ1) is 7.00. The summed E-state index contributed by atoms with van der Waals surface area (Å²) in [5, 5.41) is 0. The SMILES string of the molecule is COC(=O)C1(CN(C)CC(C)C)COC1. The summed E-state index contributed by atoms with van der Waals surface area (Å²) in [5.41, 5.74) is -0.418. The number of esters is 1. The van der Waals surface area contributed by atoms with E-state index in [9.17, 15) is 4.79 Å². The van der Waals surface area contributed by atoms with E-state index in [1.807, 2.05) is 7.05 Å². The van der Waals surface area contributed by atoms with Crippen LogP contribution in [0.2, 0.25) is 0 Å². The molecular weight excluding hydrogens is 194 g/mol. The molecule has 1 aliphatic heterocycles. The fraction of sp³-hybridized carbons (Fsp3) is 0.909. The van der Waals surface area contributed by atoms with E-state index in [-0.39, 0.29) is 5.97 Å². The van der Waals surface area contributed by atoms with Crippen LogP contribution >= 0.6 is 0 Å². The third kappa shape index (κ3) is 2.92. The van der Waals surface area contributed by atoms with Crippen molar-refractivity contribution in [2.75, 3.05) is 40.5 Å². The van der Waals surface area contributed by atoms with E-state index < -0.39 is 5.41 Å². The van der Waals surface area contributed by atoms with E-state index >= 15 is 0 Å². The molecule has 0 atom stereocenters. The Morgan fingerprint density at radius 3 is 2.47 bits per heavy atom. The Labute approximate surface area is 91.5 Å². The highest BCUT2D eigenvalue weighted by Crippen LogP contribution is 2.29. The predicted molar refractivity (Wildman–Crippen MR) is 57.6 cm³/mol. The molecule has 4 nitrogen and oxygen atoms in total. The molecule has 0 saturated carbocycles. The fourth-order valence-electron chi connectivity index (χ4n) is 2.04. The van der Waals surface area contributed by atoms with Gasteiger partial charge in [0, 0.05) is 13.1 Å². The first-order valence-electron chi connectivity index (χ1n) is 5.35. The van der Waals surface area contributed by atoms with Crippen LogP contribution in [-0.2, 0) is 14.3 Å². The molecule has 1 rings (SSSR count). The Morgan fingerprint density at radius 1 is 1.53 bits per heavy atom. The molecule has 0 aliphatic carbocycles. The summed E-state index contributed by atoms with van der Waals surface area (Å²) in [5.74, 6) is 0.454. The normalized spacial score (nSPS) is 19.1. The third-order valence-corrected chi connectivity index (χ3v) is 2.62. The molecule has 0 aromatic rings. The van der Waals surface area contributed by atoms with E-state index in [0.717, 1.165) is 13.1 Å². The van der Waals surface area contributed by atoms with Crippen LogP contribution in [0.15, 0.2) is 0 Å². The maximum absolute atomic E-state index is 11.6. The quantitative estimate of drug-likeness (QED) is 0.635. The van der Waals surface area contributed by atoms with Gasteiger partial charge in [0.1, 0.15) is 5.41 Å². The summed E-state index contributed by atoms with van der Waals surface area (Å²) in [4.78, 5) is 13.8. The summed E-state index contributed by atoms with van der Waals surface area (Å²) >= 11 is 0. The zero-order valence-corrected chi connectivity index (χ0v) is 10.1. The summed E-state index contributed by atoms with van der Waals surface area (Å²) in [6.07, 6.45) is 0. The van der Waals surface area contributed by atoms with Crippen LogP contribution < -0.4 is 0 Å². The van der Waals surface area contributed by atoms with Gasteiger partial charge in [0.25, 0.3) is 0 Å². The van der Waals surface area contributed by atoms with Crippen LogP contribution in [-0.4, -0.2) is 51.3 Å². The summed E-state index contributed by atoms with van der Waals surface area (Å²) in [6.45, 7) is 7.01. The molecule has 0 bridgehead atoms. The van der Waals surface area contributed by atoms with Gasteiger partial charge in [-0.1, -0.05) is 13.8 Å². The largest absolute Gasteiger partial charge is 0.468 e. The van der Waals surface area contributed by atoms with Gasteiger partial charge in [0.15, 0.2) is 0 Å². The highest BCUT2D eigenvalue weighted by atomic mass is 16.5. The van der Waals surface area contributed by atoms with Gasteiger partial charge < -0.3 is 14.4 Å². The number of carbonyl (C=O) groups is 1. The second kappa shape index (κ2) is 4.94. The van der Waals surface area contributed by atoms with Crippen molar-refractivity contribution in [3.8, 4) is 0 Å². The molecule has 0 amide bonds. The summed E-state index contributed by atoms with van der Waals surface area (Å²) in [6, 6.07) is 0. The second-order valence-electron chi connectivity index (χ2n) is 4.86. The van der Waals surface area contributed by atoms with Crippen LogP contribution in [0, 0.1) is 11.3 Å². The van der Waals surface area contributed by atoms with Crippen LogP contribution in [0.5, 0.6) is 0 Å². The molecule has 1 aliphatic rings. The Morgan fingerprint density at radius 2 is 2.13 bits per heavy atom. The number of ether oxygens (including phenoxy) is 2. The lowest BCUT2D eigenvalue weighted by atomic mass is 9.85. The van der Waals surface area contributed by atoms with Crippen molar-refractivity contribution in [2.24, 2.45) is 11.3 Å². The lowest BCUT2D eigenvalue weighted by Crippen LogP contribution is -2.56. The molecule has 1 fully saturated rings. The molecule has 1 saturated heterocycles. The molecule has 0 aromatic carbocycles. The van der Waals surface area contributed by atoms with Crippen molar-refractivity contribution in [1.82, 2.24) is 4.90 Å². The zero-order valence-electron chi connectivity index (χ0n) is 10.1. The van der Waals surface area contributed by atoms with E-state index in [1.54, 1.807) is 0 Å². The number of carbonyl (C=O) groups excluding carboxylic acids is 1. The highest BCUT2D eigenvalue weighted by Gasteiger charge is 2.47. The van der Waals surface area contributed by atoms with E-state index in [0.29, 0.717) is 19.1 Å². The zero-order chi connectivity index (χ0) is 11.5. The van der Waals surface area contributed by atoms with Crippen LogP contribution in [0.25, 0.3) is 0 Å². The summed E-state index contributed by atoms with van der Waals surface area (Å²) in [7, 11) is 3.47. The molecule has 0 radical (unpaired) electrons. The summed E-state index contributed by atoms with van der Waals surface area (Å²) < 4.78 is 9.96. The van der Waals surface area contributed by atoms with Gasteiger partial charge in [0.2, 0.25) is 0 Å². The minimum atomic E-state index is -0.418. The third-order valence-electron chi connectivity index (χ3n) is 2.62. The number of nitrogens with zero attached hydrogens (tertiary/aromatic N) is 1. The van der Waals surface area contributed by atoms with Crippen molar-refractivity contribution < 1.29 is 14.3 Å². The molecule has 0 aromatic heterocycles. The van der Waals surface area contributed by atoms with Gasteiger partial charge in [-0.3, -0.25) is 4.79 Å². The molecule has 0 spiro atoms. The van der Waals surface area contributed by atoms with Crippen molar-refractivity contribution in [3.63, 3.8) is 0 Å². The van der Waals surface area contributed by atoms with E-state index in [1.165, 1.54) is 7.11 Å². The molecule has 0 unspecified atom stereocenters. The van der Waals surface area contributed by atoms with Gasteiger partial charge >= 0.3 is 5.97 Å². The fourth-order valence-corrected chi connectivity index (χ4v) is 2.04. The van der Waals surface area contributed by atoms with Crippen LogP contribution in [0.3, 0.4) is 0 Å². The Kier molecular flexibility index (Phi) is 4.11. The molecule has 88 valence electrons. The minimum absolute atomic E-state index is 0.149. The Hall–Kier alpha value is -0.610. The molecule has 4 heteroatoms. The highest BCUT2D eigenvalue weighted by molar-refractivity contribution is 5.78. The Balaban J connectivity index is 2.49. The van der Waals surface area contributed by atoms with E-state index in [4.69, 9.17) is 9.47 Å². The van der Waals surface area contributed by atoms with Gasteiger partial charge in [-0.05, 0) is 13.0 Å². The minimum Gasteiger partial charge on any atom is -0.468 e. The standard InChI is InChI=1S/C11H21NO3/c1-9(2)5-12(3)6-11(7-15-8-11)10(13)14-4/h9H,5-8H2,1-4H3. The number of methoxy groups -OCH3 is 1. The maximum atomic E-state index is 11.6. The second-order valence-corrected chi connectivity index (χ2v) is 4.86. The lowest BCUT2D eigenvalue weighted by molar-refractivity contribution is -0.186. The van der Waals surface area contributed by atoms with Gasteiger partial charge in [-0.15, -0.1) is 0 Å². The maximum Gasteiger partial charge on any atom is 0.317 e. The van der Waals surface area contributed by atoms with Crippen molar-refractivity contribution in [2.45, 2.75) is 13.8 Å². The first kappa shape index (κ1) is 12.5. The van der Waals surface area contributed by atoms with E-state index in [2.05, 4.69) is 18.7 Å².